The van der Waals surface area contributed by atoms with Gasteiger partial charge in [0.1, 0.15) is 0 Å². The Hall–Kier alpha value is -1.20. The van der Waals surface area contributed by atoms with Gasteiger partial charge in [0.15, 0.2) is 0 Å². The number of nitrogens with one attached hydrogen (secondary N) is 1. The molecule has 116 valence electrons. The molecule has 0 aromatic heterocycles. The number of halogens is 1. The molecule has 0 aliphatic heterocycles. The predicted octanol–water partition coefficient (Wildman–Crippen LogP) is 3.83. The van der Waals surface area contributed by atoms with E-state index in [2.05, 4.69) is 12.2 Å². The van der Waals surface area contributed by atoms with Crippen LogP contribution in [-0.2, 0) is 4.79 Å². The first-order valence-corrected chi connectivity index (χ1v) is 8.18. The summed E-state index contributed by atoms with van der Waals surface area (Å²) in [5.74, 6) is -1.11. The molecular formula is C15H20ClNO3S. The first kappa shape index (κ1) is 17.9. The first-order chi connectivity index (χ1) is 9.95. The van der Waals surface area contributed by atoms with Gasteiger partial charge in [-0.1, -0.05) is 31.4 Å². The monoisotopic (exact) mass is 329 g/mol. The third-order valence-electron chi connectivity index (χ3n) is 2.93. The zero-order chi connectivity index (χ0) is 15.8. The summed E-state index contributed by atoms with van der Waals surface area (Å²) in [7, 11) is 0. The Morgan fingerprint density at radius 3 is 2.71 bits per heavy atom. The Morgan fingerprint density at radius 2 is 2.10 bits per heavy atom. The summed E-state index contributed by atoms with van der Waals surface area (Å²) in [5.41, 5.74) is 0.0530. The highest BCUT2D eigenvalue weighted by Gasteiger charge is 2.16. The third-order valence-corrected chi connectivity index (χ3v) is 4.35. The summed E-state index contributed by atoms with van der Waals surface area (Å²) in [4.78, 5) is 23.7. The van der Waals surface area contributed by atoms with Gasteiger partial charge in [-0.05, 0) is 31.5 Å². The number of amides is 1. The fraction of sp³-hybridized carbons (Fsp3) is 0.467. The Kier molecular flexibility index (Phi) is 7.61. The van der Waals surface area contributed by atoms with Gasteiger partial charge in [0.2, 0.25) is 5.91 Å². The minimum absolute atomic E-state index is 0.0390. The normalized spacial score (nSPS) is 12.0. The number of carboxylic acid groups (broad SMARTS) is 1. The van der Waals surface area contributed by atoms with Crippen molar-refractivity contribution in [1.82, 2.24) is 5.32 Å². The van der Waals surface area contributed by atoms with Crippen LogP contribution in [0, 0.1) is 0 Å². The van der Waals surface area contributed by atoms with Crippen LogP contribution >= 0.6 is 23.4 Å². The van der Waals surface area contributed by atoms with Crippen molar-refractivity contribution in [2.45, 2.75) is 43.3 Å². The van der Waals surface area contributed by atoms with Crippen LogP contribution in [0.1, 0.15) is 43.5 Å². The Balaban J connectivity index is 2.58. The molecule has 0 bridgehead atoms. The standard InChI is InChI=1S/C15H20ClNO3S/c1-3-4-5-8-17-14(18)10(2)21-11-6-7-13(16)12(9-11)15(19)20/h6-7,9-10H,3-5,8H2,1-2H3,(H,17,18)(H,19,20). The van der Waals surface area contributed by atoms with Gasteiger partial charge >= 0.3 is 5.97 Å². The second-order valence-corrected chi connectivity index (χ2v) is 6.53. The van der Waals surface area contributed by atoms with E-state index >= 15 is 0 Å². The highest BCUT2D eigenvalue weighted by Crippen LogP contribution is 2.27. The summed E-state index contributed by atoms with van der Waals surface area (Å²) < 4.78 is 0. The summed E-state index contributed by atoms with van der Waals surface area (Å²) in [5, 5.41) is 11.8. The molecule has 1 aromatic rings. The van der Waals surface area contributed by atoms with Crippen molar-refractivity contribution in [1.29, 1.82) is 0 Å². The van der Waals surface area contributed by atoms with Gasteiger partial charge < -0.3 is 10.4 Å². The van der Waals surface area contributed by atoms with Crippen molar-refractivity contribution in [2.75, 3.05) is 6.54 Å². The van der Waals surface area contributed by atoms with Crippen LogP contribution in [0.3, 0.4) is 0 Å². The van der Waals surface area contributed by atoms with Crippen molar-refractivity contribution < 1.29 is 14.7 Å². The molecule has 1 rings (SSSR count). The van der Waals surface area contributed by atoms with Crippen molar-refractivity contribution in [2.24, 2.45) is 0 Å². The van der Waals surface area contributed by atoms with Crippen molar-refractivity contribution in [3.8, 4) is 0 Å². The number of carbonyl (C=O) groups excluding carboxylic acids is 1. The van der Waals surface area contributed by atoms with E-state index in [9.17, 15) is 9.59 Å². The maximum Gasteiger partial charge on any atom is 0.337 e. The number of benzene rings is 1. The topological polar surface area (TPSA) is 66.4 Å². The molecule has 6 heteroatoms. The van der Waals surface area contributed by atoms with Crippen LogP contribution in [0.4, 0.5) is 0 Å². The predicted molar refractivity (Wildman–Crippen MR) is 86.3 cm³/mol. The maximum absolute atomic E-state index is 11.9. The number of rotatable bonds is 8. The van der Waals surface area contributed by atoms with Crippen LogP contribution in [0.25, 0.3) is 0 Å². The van der Waals surface area contributed by atoms with E-state index in [4.69, 9.17) is 16.7 Å². The van der Waals surface area contributed by atoms with Gasteiger partial charge in [-0.2, -0.15) is 0 Å². The van der Waals surface area contributed by atoms with Gasteiger partial charge in [-0.15, -0.1) is 11.8 Å². The number of aromatic carboxylic acids is 1. The first-order valence-electron chi connectivity index (χ1n) is 6.93. The number of hydrogen-bond acceptors (Lipinski definition) is 3. The van der Waals surface area contributed by atoms with Crippen LogP contribution in [-0.4, -0.2) is 28.8 Å². The minimum Gasteiger partial charge on any atom is -0.478 e. The molecule has 4 nitrogen and oxygen atoms in total. The summed E-state index contributed by atoms with van der Waals surface area (Å²) in [6.07, 6.45) is 3.19. The quantitative estimate of drug-likeness (QED) is 0.562. The molecule has 1 unspecified atom stereocenters. The largest absolute Gasteiger partial charge is 0.478 e. The van der Waals surface area contributed by atoms with Gasteiger partial charge in [-0.3, -0.25) is 4.79 Å². The maximum atomic E-state index is 11.9. The molecule has 0 saturated heterocycles. The number of unbranched alkanes of at least 4 members (excludes halogenated alkanes) is 2. The van der Waals surface area contributed by atoms with Gasteiger partial charge in [0.05, 0.1) is 15.8 Å². The number of thioether (sulfide) groups is 1. The summed E-state index contributed by atoms with van der Waals surface area (Å²) >= 11 is 7.14. The van der Waals surface area contributed by atoms with Gasteiger partial charge in [0, 0.05) is 11.4 Å². The molecule has 0 radical (unpaired) electrons. The molecule has 0 aliphatic rings. The van der Waals surface area contributed by atoms with Gasteiger partial charge in [-0.25, -0.2) is 4.79 Å². The van der Waals surface area contributed by atoms with Crippen molar-refractivity contribution in [3.05, 3.63) is 28.8 Å². The molecular weight excluding hydrogens is 310 g/mol. The lowest BCUT2D eigenvalue weighted by Crippen LogP contribution is -2.31. The van der Waals surface area contributed by atoms with E-state index in [1.807, 2.05) is 0 Å². The zero-order valence-corrected chi connectivity index (χ0v) is 13.8. The second kappa shape index (κ2) is 8.95. The van der Waals surface area contributed by atoms with Crippen molar-refractivity contribution >= 4 is 35.2 Å². The van der Waals surface area contributed by atoms with Crippen LogP contribution in [0.5, 0.6) is 0 Å². The summed E-state index contributed by atoms with van der Waals surface area (Å²) in [6.45, 7) is 4.59. The lowest BCUT2D eigenvalue weighted by atomic mass is 10.2. The second-order valence-electron chi connectivity index (χ2n) is 4.71. The van der Waals surface area contributed by atoms with E-state index in [1.165, 1.54) is 17.8 Å². The van der Waals surface area contributed by atoms with Crippen molar-refractivity contribution in [3.63, 3.8) is 0 Å². The highest BCUT2D eigenvalue weighted by atomic mass is 35.5. The SMILES string of the molecule is CCCCCNC(=O)C(C)Sc1ccc(Cl)c(C(=O)O)c1. The molecule has 21 heavy (non-hydrogen) atoms. The number of hydrogen-bond donors (Lipinski definition) is 2. The Morgan fingerprint density at radius 1 is 1.38 bits per heavy atom. The van der Waals surface area contributed by atoms with Gasteiger partial charge in [0.25, 0.3) is 0 Å². The van der Waals surface area contributed by atoms with E-state index in [0.717, 1.165) is 19.3 Å². The highest BCUT2D eigenvalue weighted by molar-refractivity contribution is 8.00. The minimum atomic E-state index is -1.07. The van der Waals surface area contributed by atoms with E-state index in [0.29, 0.717) is 11.4 Å². The molecule has 0 saturated carbocycles. The molecule has 1 aromatic carbocycles. The molecule has 0 aliphatic carbocycles. The third kappa shape index (κ3) is 5.98. The molecule has 1 atom stereocenters. The fourth-order valence-electron chi connectivity index (χ4n) is 1.73. The molecule has 2 N–H and O–H groups in total. The van der Waals surface area contributed by atoms with E-state index in [1.54, 1.807) is 19.1 Å². The average molecular weight is 330 g/mol. The zero-order valence-electron chi connectivity index (χ0n) is 12.2. The lowest BCUT2D eigenvalue weighted by Gasteiger charge is -2.12. The van der Waals surface area contributed by atoms with E-state index < -0.39 is 5.97 Å². The summed E-state index contributed by atoms with van der Waals surface area (Å²) in [6, 6.07) is 4.76. The molecule has 0 spiro atoms. The van der Waals surface area contributed by atoms with Crippen LogP contribution in [0.15, 0.2) is 23.1 Å². The molecule has 0 fully saturated rings. The Labute approximate surface area is 134 Å². The Bertz CT molecular complexity index is 508. The molecule has 0 heterocycles. The average Bonchev–Trinajstić information content (AvgIpc) is 2.45. The smallest absolute Gasteiger partial charge is 0.337 e. The number of carboxylic acids is 1. The molecule has 1 amide bonds. The van der Waals surface area contributed by atoms with Crippen LogP contribution < -0.4 is 5.32 Å². The lowest BCUT2D eigenvalue weighted by molar-refractivity contribution is -0.120. The fourth-order valence-corrected chi connectivity index (χ4v) is 2.86. The van der Waals surface area contributed by atoms with Crippen LogP contribution in [0.2, 0.25) is 5.02 Å². The van der Waals surface area contributed by atoms with E-state index in [-0.39, 0.29) is 21.7 Å². The number of carbonyl (C=O) groups is 2.